The second kappa shape index (κ2) is 7.16. The molecule has 1 saturated heterocycles. The average molecular weight is 331 g/mol. The molecule has 0 N–H and O–H groups in total. The number of fused-ring (bicyclic) bond motifs is 2. The van der Waals surface area contributed by atoms with Crippen LogP contribution in [0, 0.1) is 0 Å². The first kappa shape index (κ1) is 16.7. The van der Waals surface area contributed by atoms with E-state index in [-0.39, 0.29) is 5.91 Å². The van der Waals surface area contributed by atoms with Crippen LogP contribution in [0.5, 0.6) is 17.2 Å². The van der Waals surface area contributed by atoms with Gasteiger partial charge in [0.15, 0.2) is 11.5 Å². The fraction of sp³-hybridized carbons (Fsp3) is 0.526. The van der Waals surface area contributed by atoms with Crippen LogP contribution >= 0.6 is 0 Å². The summed E-state index contributed by atoms with van der Waals surface area (Å²) in [6.07, 6.45) is 8.69. The number of aryl methyl sites for hydroxylation is 1. The van der Waals surface area contributed by atoms with Gasteiger partial charge in [0.2, 0.25) is 11.7 Å². The Morgan fingerprint density at radius 1 is 1.12 bits per heavy atom. The minimum Gasteiger partial charge on any atom is -0.493 e. The molecule has 24 heavy (non-hydrogen) atoms. The van der Waals surface area contributed by atoms with E-state index in [1.165, 1.54) is 0 Å². The van der Waals surface area contributed by atoms with Crippen molar-refractivity contribution in [2.24, 2.45) is 0 Å². The monoisotopic (exact) mass is 331 g/mol. The molecule has 2 heterocycles. The van der Waals surface area contributed by atoms with Crippen LogP contribution in [0.4, 0.5) is 0 Å². The molecule has 0 aliphatic carbocycles. The van der Waals surface area contributed by atoms with E-state index in [4.69, 9.17) is 14.2 Å². The van der Waals surface area contributed by atoms with Gasteiger partial charge >= 0.3 is 0 Å². The molecular weight excluding hydrogens is 306 g/mol. The Morgan fingerprint density at radius 3 is 2.58 bits per heavy atom. The van der Waals surface area contributed by atoms with Gasteiger partial charge in [0.1, 0.15) is 0 Å². The summed E-state index contributed by atoms with van der Waals surface area (Å²) >= 11 is 0. The van der Waals surface area contributed by atoms with Crippen LogP contribution < -0.4 is 14.2 Å². The first-order valence-electron chi connectivity index (χ1n) is 8.45. The van der Waals surface area contributed by atoms with Gasteiger partial charge in [-0.25, -0.2) is 0 Å². The molecule has 2 aliphatic rings. The molecule has 2 aliphatic heterocycles. The van der Waals surface area contributed by atoms with Crippen molar-refractivity contribution < 1.29 is 19.0 Å². The van der Waals surface area contributed by atoms with E-state index in [9.17, 15) is 4.79 Å². The molecule has 0 saturated carbocycles. The van der Waals surface area contributed by atoms with Crippen molar-refractivity contribution in [3.63, 3.8) is 0 Å². The Labute approximate surface area is 143 Å². The first-order valence-corrected chi connectivity index (χ1v) is 8.45. The molecule has 130 valence electrons. The fourth-order valence-electron chi connectivity index (χ4n) is 3.84. The number of rotatable bonds is 6. The molecule has 0 aromatic heterocycles. The van der Waals surface area contributed by atoms with Crippen LogP contribution in [-0.2, 0) is 11.2 Å². The lowest BCUT2D eigenvalue weighted by molar-refractivity contribution is -0.133. The zero-order valence-electron chi connectivity index (χ0n) is 14.6. The summed E-state index contributed by atoms with van der Waals surface area (Å²) in [4.78, 5) is 14.8. The number of carbonyl (C=O) groups excluding carboxylic acids is 1. The van der Waals surface area contributed by atoms with Crippen LogP contribution in [0.25, 0.3) is 0 Å². The van der Waals surface area contributed by atoms with Crippen molar-refractivity contribution in [1.82, 2.24) is 4.90 Å². The molecule has 3 rings (SSSR count). The quantitative estimate of drug-likeness (QED) is 0.752. The summed E-state index contributed by atoms with van der Waals surface area (Å²) in [5, 5.41) is 0. The highest BCUT2D eigenvalue weighted by Gasteiger charge is 2.36. The number of amides is 1. The third-order valence-corrected chi connectivity index (χ3v) is 4.99. The number of hydrogen-bond donors (Lipinski definition) is 0. The molecule has 0 spiro atoms. The maximum absolute atomic E-state index is 12.7. The maximum atomic E-state index is 12.7. The molecule has 1 fully saturated rings. The molecule has 5 heteroatoms. The smallest absolute Gasteiger partial charge is 0.223 e. The van der Waals surface area contributed by atoms with Gasteiger partial charge in [0.05, 0.1) is 27.4 Å². The number of carbonyl (C=O) groups is 1. The second-order valence-electron chi connectivity index (χ2n) is 6.26. The van der Waals surface area contributed by atoms with Crippen LogP contribution in [0.1, 0.15) is 31.2 Å². The van der Waals surface area contributed by atoms with E-state index in [0.717, 1.165) is 24.8 Å². The van der Waals surface area contributed by atoms with Gasteiger partial charge in [-0.3, -0.25) is 4.79 Å². The number of hydrogen-bond acceptors (Lipinski definition) is 4. The van der Waals surface area contributed by atoms with E-state index in [2.05, 4.69) is 17.1 Å². The van der Waals surface area contributed by atoms with Gasteiger partial charge in [-0.1, -0.05) is 18.2 Å². The second-order valence-corrected chi connectivity index (χ2v) is 6.26. The van der Waals surface area contributed by atoms with E-state index in [1.807, 2.05) is 12.1 Å². The van der Waals surface area contributed by atoms with Gasteiger partial charge in [-0.05, 0) is 37.3 Å². The van der Waals surface area contributed by atoms with E-state index >= 15 is 0 Å². The van der Waals surface area contributed by atoms with Crippen molar-refractivity contribution >= 4 is 5.91 Å². The highest BCUT2D eigenvalue weighted by atomic mass is 16.5. The summed E-state index contributed by atoms with van der Waals surface area (Å²) < 4.78 is 16.2. The minimum absolute atomic E-state index is 0.226. The largest absolute Gasteiger partial charge is 0.493 e. The molecule has 2 atom stereocenters. The number of nitrogens with zero attached hydrogens (tertiary/aromatic N) is 1. The predicted molar refractivity (Wildman–Crippen MR) is 91.8 cm³/mol. The highest BCUT2D eigenvalue weighted by molar-refractivity contribution is 5.78. The lowest BCUT2D eigenvalue weighted by Gasteiger charge is -2.31. The molecular formula is C19H25NO4. The Morgan fingerprint density at radius 2 is 1.92 bits per heavy atom. The Hall–Kier alpha value is -2.17. The van der Waals surface area contributed by atoms with Crippen LogP contribution in [-0.4, -0.2) is 44.2 Å². The summed E-state index contributed by atoms with van der Waals surface area (Å²) in [5.74, 6) is 2.07. The van der Waals surface area contributed by atoms with Crippen molar-refractivity contribution in [3.05, 3.63) is 29.8 Å². The molecule has 1 amide bonds. The van der Waals surface area contributed by atoms with Gasteiger partial charge in [0, 0.05) is 12.5 Å². The van der Waals surface area contributed by atoms with Crippen molar-refractivity contribution in [2.75, 3.05) is 21.3 Å². The Kier molecular flexibility index (Phi) is 4.97. The first-order chi connectivity index (χ1) is 11.7. The molecule has 2 bridgehead atoms. The molecule has 1 aromatic carbocycles. The van der Waals surface area contributed by atoms with Crippen molar-refractivity contribution in [2.45, 2.75) is 44.2 Å². The molecule has 2 unspecified atom stereocenters. The van der Waals surface area contributed by atoms with Gasteiger partial charge < -0.3 is 19.1 Å². The summed E-state index contributed by atoms with van der Waals surface area (Å²) in [7, 11) is 4.80. The lowest BCUT2D eigenvalue weighted by atomic mass is 10.0. The normalized spacial score (nSPS) is 21.7. The summed E-state index contributed by atoms with van der Waals surface area (Å²) in [5.41, 5.74) is 0.961. The number of ether oxygens (including phenoxy) is 3. The standard InChI is InChI=1S/C19H25NO4/c1-22-16-11-7-13(18(23-2)19(16)24-3)8-12-17(21)20-14-5-4-6-15(20)10-9-14/h4-5,7,11,14-15H,6,8-10,12H2,1-3H3. The Bertz CT molecular complexity index is 640. The third kappa shape index (κ3) is 2.95. The van der Waals surface area contributed by atoms with E-state index in [0.29, 0.717) is 42.2 Å². The van der Waals surface area contributed by atoms with Crippen molar-refractivity contribution in [1.29, 1.82) is 0 Å². The van der Waals surface area contributed by atoms with Crippen LogP contribution in [0.3, 0.4) is 0 Å². The van der Waals surface area contributed by atoms with Gasteiger partial charge in [-0.2, -0.15) is 0 Å². The zero-order chi connectivity index (χ0) is 17.1. The van der Waals surface area contributed by atoms with E-state index < -0.39 is 0 Å². The van der Waals surface area contributed by atoms with Crippen molar-refractivity contribution in [3.8, 4) is 17.2 Å². The van der Waals surface area contributed by atoms with Gasteiger partial charge in [0.25, 0.3) is 0 Å². The molecule has 5 nitrogen and oxygen atoms in total. The molecule has 1 aromatic rings. The van der Waals surface area contributed by atoms with Crippen LogP contribution in [0.15, 0.2) is 24.3 Å². The summed E-state index contributed by atoms with van der Waals surface area (Å²) in [6.45, 7) is 0. The topological polar surface area (TPSA) is 48.0 Å². The Balaban J connectivity index is 1.73. The molecule has 0 radical (unpaired) electrons. The third-order valence-electron chi connectivity index (χ3n) is 4.99. The van der Waals surface area contributed by atoms with Crippen LogP contribution in [0.2, 0.25) is 0 Å². The fourth-order valence-corrected chi connectivity index (χ4v) is 3.84. The minimum atomic E-state index is 0.226. The summed E-state index contributed by atoms with van der Waals surface area (Å²) in [6, 6.07) is 4.48. The predicted octanol–water partition coefficient (Wildman–Crippen LogP) is 2.96. The SMILES string of the molecule is COc1ccc(CCC(=O)N2C3C=CCC2CC3)c(OC)c1OC. The lowest BCUT2D eigenvalue weighted by Crippen LogP contribution is -2.42. The average Bonchev–Trinajstić information content (AvgIpc) is 2.87. The zero-order valence-corrected chi connectivity index (χ0v) is 14.6. The van der Waals surface area contributed by atoms with Gasteiger partial charge in [-0.15, -0.1) is 0 Å². The van der Waals surface area contributed by atoms with E-state index in [1.54, 1.807) is 21.3 Å². The number of methoxy groups -OCH3 is 3. The number of benzene rings is 1. The highest BCUT2D eigenvalue weighted by Crippen LogP contribution is 2.40. The maximum Gasteiger partial charge on any atom is 0.223 e.